The molecule has 0 saturated carbocycles. The molecule has 2 aromatic rings. The molecule has 2 rings (SSSR count). The van der Waals surface area contributed by atoms with E-state index in [1.54, 1.807) is 12.4 Å². The maximum Gasteiger partial charge on any atom is 0.140 e. The Morgan fingerprint density at radius 3 is 2.94 bits per heavy atom. The highest BCUT2D eigenvalue weighted by molar-refractivity contribution is 5.17. The number of hydrogen-bond acceptors (Lipinski definition) is 3. The van der Waals surface area contributed by atoms with Gasteiger partial charge >= 0.3 is 0 Å². The molecule has 0 atom stereocenters. The van der Waals surface area contributed by atoms with Gasteiger partial charge in [0, 0.05) is 6.54 Å². The van der Waals surface area contributed by atoms with Gasteiger partial charge in [0.1, 0.15) is 18.0 Å². The number of aromatic nitrogens is 3. The van der Waals surface area contributed by atoms with E-state index in [0.29, 0.717) is 13.0 Å². The molecule has 1 N–H and O–H groups in total. The molecule has 0 aliphatic heterocycles. The fourth-order valence-corrected chi connectivity index (χ4v) is 1.81. The fourth-order valence-electron chi connectivity index (χ4n) is 1.81. The van der Waals surface area contributed by atoms with E-state index in [1.165, 1.54) is 6.07 Å². The molecule has 0 fully saturated rings. The van der Waals surface area contributed by atoms with E-state index >= 15 is 0 Å². The van der Waals surface area contributed by atoms with Crippen LogP contribution < -0.4 is 5.32 Å². The molecule has 0 amide bonds. The normalized spacial score (nSPS) is 10.8. The zero-order valence-corrected chi connectivity index (χ0v) is 10.4. The maximum atomic E-state index is 13.4. The summed E-state index contributed by atoms with van der Waals surface area (Å²) in [6, 6.07) is 6.86. The van der Waals surface area contributed by atoms with Crippen LogP contribution in [-0.2, 0) is 19.5 Å². The van der Waals surface area contributed by atoms with Crippen molar-refractivity contribution in [3.63, 3.8) is 0 Å². The van der Waals surface area contributed by atoms with Gasteiger partial charge in [-0.1, -0.05) is 18.2 Å². The Kier molecular flexibility index (Phi) is 4.41. The van der Waals surface area contributed by atoms with Crippen LogP contribution in [0.15, 0.2) is 30.6 Å². The molecule has 96 valence electrons. The molecule has 1 heterocycles. The Morgan fingerprint density at radius 1 is 1.33 bits per heavy atom. The van der Waals surface area contributed by atoms with Crippen LogP contribution in [0.1, 0.15) is 18.3 Å². The molecule has 0 radical (unpaired) electrons. The second kappa shape index (κ2) is 6.26. The first-order valence-corrected chi connectivity index (χ1v) is 6.12. The second-order valence-electron chi connectivity index (χ2n) is 4.01. The molecular formula is C13H17FN4. The van der Waals surface area contributed by atoms with Crippen molar-refractivity contribution in [2.75, 3.05) is 6.54 Å². The molecule has 0 aliphatic carbocycles. The third kappa shape index (κ3) is 3.13. The SMILES string of the molecule is CCn1ncnc1CNCCc1ccccc1F. The van der Waals surface area contributed by atoms with Gasteiger partial charge in [-0.25, -0.2) is 14.1 Å². The monoisotopic (exact) mass is 248 g/mol. The summed E-state index contributed by atoms with van der Waals surface area (Å²) in [5, 5.41) is 7.34. The van der Waals surface area contributed by atoms with Crippen molar-refractivity contribution in [3.05, 3.63) is 47.8 Å². The molecule has 0 unspecified atom stereocenters. The molecule has 1 aromatic carbocycles. The predicted octanol–water partition coefficient (Wildman–Crippen LogP) is 1.77. The van der Waals surface area contributed by atoms with E-state index in [9.17, 15) is 4.39 Å². The summed E-state index contributed by atoms with van der Waals surface area (Å²) in [5.41, 5.74) is 0.738. The van der Waals surface area contributed by atoms with Gasteiger partial charge in [-0.2, -0.15) is 5.10 Å². The van der Waals surface area contributed by atoms with Gasteiger partial charge in [0.15, 0.2) is 0 Å². The molecule has 5 heteroatoms. The van der Waals surface area contributed by atoms with E-state index in [1.807, 2.05) is 23.7 Å². The average molecular weight is 248 g/mol. The third-order valence-electron chi connectivity index (χ3n) is 2.81. The lowest BCUT2D eigenvalue weighted by atomic mass is 10.1. The zero-order chi connectivity index (χ0) is 12.8. The molecule has 18 heavy (non-hydrogen) atoms. The molecule has 0 spiro atoms. The summed E-state index contributed by atoms with van der Waals surface area (Å²) in [7, 11) is 0. The predicted molar refractivity (Wildman–Crippen MR) is 67.5 cm³/mol. The first-order valence-electron chi connectivity index (χ1n) is 6.12. The third-order valence-corrected chi connectivity index (χ3v) is 2.81. The lowest BCUT2D eigenvalue weighted by Crippen LogP contribution is -2.20. The van der Waals surface area contributed by atoms with Crippen LogP contribution in [0.4, 0.5) is 4.39 Å². The Hall–Kier alpha value is -1.75. The highest BCUT2D eigenvalue weighted by Gasteiger charge is 2.03. The lowest BCUT2D eigenvalue weighted by Gasteiger charge is -2.06. The van der Waals surface area contributed by atoms with Gasteiger partial charge in [0.05, 0.1) is 6.54 Å². The molecule has 0 bridgehead atoms. The number of aryl methyl sites for hydroxylation is 1. The first-order chi connectivity index (χ1) is 8.81. The Balaban J connectivity index is 1.78. The van der Waals surface area contributed by atoms with Gasteiger partial charge in [-0.15, -0.1) is 0 Å². The lowest BCUT2D eigenvalue weighted by molar-refractivity contribution is 0.564. The van der Waals surface area contributed by atoms with Crippen LogP contribution in [0.25, 0.3) is 0 Å². The standard InChI is InChI=1S/C13H17FN4/c1-2-18-13(16-10-17-18)9-15-8-7-11-5-3-4-6-12(11)14/h3-6,10,15H,2,7-9H2,1H3. The Morgan fingerprint density at radius 2 is 2.17 bits per heavy atom. The fraction of sp³-hybridized carbons (Fsp3) is 0.385. The number of nitrogens with zero attached hydrogens (tertiary/aromatic N) is 3. The summed E-state index contributed by atoms with van der Waals surface area (Å²) in [6.07, 6.45) is 2.23. The minimum absolute atomic E-state index is 0.143. The van der Waals surface area contributed by atoms with E-state index < -0.39 is 0 Å². The van der Waals surface area contributed by atoms with Crippen molar-refractivity contribution in [2.45, 2.75) is 26.4 Å². The highest BCUT2D eigenvalue weighted by Crippen LogP contribution is 2.06. The van der Waals surface area contributed by atoms with Gasteiger partial charge in [-0.3, -0.25) is 0 Å². The van der Waals surface area contributed by atoms with Crippen molar-refractivity contribution >= 4 is 0 Å². The van der Waals surface area contributed by atoms with E-state index in [-0.39, 0.29) is 5.82 Å². The van der Waals surface area contributed by atoms with Crippen molar-refractivity contribution in [1.29, 1.82) is 0 Å². The number of nitrogens with one attached hydrogen (secondary N) is 1. The topological polar surface area (TPSA) is 42.7 Å². The van der Waals surface area contributed by atoms with E-state index in [4.69, 9.17) is 0 Å². The number of rotatable bonds is 6. The van der Waals surface area contributed by atoms with E-state index in [2.05, 4.69) is 15.4 Å². The zero-order valence-electron chi connectivity index (χ0n) is 10.4. The Bertz CT molecular complexity index is 495. The minimum Gasteiger partial charge on any atom is -0.310 e. The van der Waals surface area contributed by atoms with Gasteiger partial charge in [0.2, 0.25) is 0 Å². The molecule has 1 aromatic heterocycles. The van der Waals surface area contributed by atoms with Crippen molar-refractivity contribution < 1.29 is 4.39 Å². The summed E-state index contributed by atoms with van der Waals surface area (Å²) < 4.78 is 15.2. The quantitative estimate of drug-likeness (QED) is 0.792. The smallest absolute Gasteiger partial charge is 0.140 e. The van der Waals surface area contributed by atoms with Crippen LogP contribution >= 0.6 is 0 Å². The van der Waals surface area contributed by atoms with Gasteiger partial charge < -0.3 is 5.32 Å². The summed E-state index contributed by atoms with van der Waals surface area (Å²) in [6.45, 7) is 4.21. The molecule has 0 aliphatic rings. The van der Waals surface area contributed by atoms with Crippen LogP contribution in [0.3, 0.4) is 0 Å². The van der Waals surface area contributed by atoms with Crippen LogP contribution in [0.5, 0.6) is 0 Å². The Labute approximate surface area is 106 Å². The maximum absolute atomic E-state index is 13.4. The summed E-state index contributed by atoms with van der Waals surface area (Å²) in [4.78, 5) is 4.16. The highest BCUT2D eigenvalue weighted by atomic mass is 19.1. The van der Waals surface area contributed by atoms with Gasteiger partial charge in [0.25, 0.3) is 0 Å². The van der Waals surface area contributed by atoms with Crippen molar-refractivity contribution in [1.82, 2.24) is 20.1 Å². The summed E-state index contributed by atoms with van der Waals surface area (Å²) >= 11 is 0. The molecule has 0 saturated heterocycles. The van der Waals surface area contributed by atoms with Crippen LogP contribution in [-0.4, -0.2) is 21.3 Å². The number of halogens is 1. The minimum atomic E-state index is -0.143. The number of benzene rings is 1. The van der Waals surface area contributed by atoms with Crippen molar-refractivity contribution in [3.8, 4) is 0 Å². The largest absolute Gasteiger partial charge is 0.310 e. The number of hydrogen-bond donors (Lipinski definition) is 1. The molecule has 4 nitrogen and oxygen atoms in total. The van der Waals surface area contributed by atoms with E-state index in [0.717, 1.165) is 24.5 Å². The first kappa shape index (κ1) is 12.7. The second-order valence-corrected chi connectivity index (χ2v) is 4.01. The average Bonchev–Trinajstić information content (AvgIpc) is 2.84. The van der Waals surface area contributed by atoms with Gasteiger partial charge in [-0.05, 0) is 31.5 Å². The molecular weight excluding hydrogens is 231 g/mol. The van der Waals surface area contributed by atoms with Crippen LogP contribution in [0, 0.1) is 5.82 Å². The van der Waals surface area contributed by atoms with Crippen LogP contribution in [0.2, 0.25) is 0 Å². The summed E-state index contributed by atoms with van der Waals surface area (Å²) in [5.74, 6) is 0.766. The van der Waals surface area contributed by atoms with Crippen molar-refractivity contribution in [2.24, 2.45) is 0 Å².